The van der Waals surface area contributed by atoms with E-state index in [1.165, 1.54) is 91.9 Å². The summed E-state index contributed by atoms with van der Waals surface area (Å²) >= 11 is -3.21. The summed E-state index contributed by atoms with van der Waals surface area (Å²) in [7, 11) is -5.65. The van der Waals surface area contributed by atoms with Crippen LogP contribution >= 0.6 is 0 Å². The smallest absolute Gasteiger partial charge is 1.00 e. The van der Waals surface area contributed by atoms with Gasteiger partial charge < -0.3 is 24.8 Å². The Morgan fingerprint density at radius 1 is 0.441 bits per heavy atom. The van der Waals surface area contributed by atoms with E-state index in [1.807, 2.05) is 0 Å². The van der Waals surface area contributed by atoms with Crippen molar-refractivity contribution in [3.05, 3.63) is 167 Å². The number of benzene rings is 4. The Kier molecular flexibility index (Phi) is 13.0. The molecule has 0 spiro atoms. The van der Waals surface area contributed by atoms with E-state index in [2.05, 4.69) is 175 Å². The van der Waals surface area contributed by atoms with Gasteiger partial charge in [0.2, 0.25) is 0 Å². The minimum atomic E-state index is -3.21. The number of halogens is 2. The predicted octanol–water partition coefficient (Wildman–Crippen LogP) is 6.26. The van der Waals surface area contributed by atoms with Crippen LogP contribution in [0.25, 0.3) is 0 Å². The molecule has 0 aromatic heterocycles. The maximum atomic E-state index is 8.23. The van der Waals surface area contributed by atoms with E-state index < -0.39 is 36.9 Å². The van der Waals surface area contributed by atoms with Gasteiger partial charge in [-0.15, -0.1) is 0 Å². The van der Waals surface area contributed by atoms with Gasteiger partial charge >= 0.3 is 352 Å². The first-order chi connectivity index (χ1) is 27.5. The first-order valence-electron chi connectivity index (χ1n) is 22.0. The second kappa shape index (κ2) is 17.2. The minimum absolute atomic E-state index is 0. The summed E-state index contributed by atoms with van der Waals surface area (Å²) in [6.45, 7) is 14.7. The molecule has 0 radical (unpaired) electrons. The standard InChI is InChI=1S/2C25H29OSi.C2H4.2ClH.Zr/c2*1-25(2,3)27(23-14-6-4-7-15-23,24-16-8-5-9-17-24)26-22-18-20-12-10-11-13-21(20)19-22;1-2;;;/h2*4-9,14-19H,10-13H2,1-3H3;1-2H2;2*1H;/q;;;;;+2/p-2. The molecule has 4 aromatic rings. The van der Waals surface area contributed by atoms with Gasteiger partial charge in [0.25, 0.3) is 0 Å². The van der Waals surface area contributed by atoms with Crippen molar-refractivity contribution in [3.8, 4) is 0 Å². The van der Waals surface area contributed by atoms with Crippen LogP contribution < -0.4 is 45.6 Å². The third-order valence-electron chi connectivity index (χ3n) is 14.4. The summed E-state index contributed by atoms with van der Waals surface area (Å²) in [6.07, 6.45) is 15.3. The molecule has 1 aliphatic heterocycles. The van der Waals surface area contributed by atoms with Gasteiger partial charge in [-0.1, -0.05) is 0 Å². The minimum Gasteiger partial charge on any atom is -1.00 e. The molecule has 2 unspecified atom stereocenters. The maximum Gasteiger partial charge on any atom is -1.00 e. The van der Waals surface area contributed by atoms with Crippen LogP contribution in [0, 0.1) is 0 Å². The van der Waals surface area contributed by atoms with Crippen LogP contribution in [-0.4, -0.2) is 16.6 Å². The van der Waals surface area contributed by atoms with Crippen molar-refractivity contribution in [1.29, 1.82) is 0 Å². The molecule has 9 rings (SSSR count). The fourth-order valence-corrected chi connectivity index (χ4v) is 38.3. The van der Waals surface area contributed by atoms with Crippen molar-refractivity contribution in [1.82, 2.24) is 0 Å². The Morgan fingerprint density at radius 3 is 1.00 bits per heavy atom. The zero-order chi connectivity index (χ0) is 39.5. The normalized spacial score (nSPS) is 20.8. The second-order valence-corrected chi connectivity index (χ2v) is 39.5. The fourth-order valence-electron chi connectivity index (χ4n) is 11.7. The summed E-state index contributed by atoms with van der Waals surface area (Å²) in [6, 6.07) is 45.5. The zero-order valence-electron chi connectivity index (χ0n) is 36.0. The van der Waals surface area contributed by atoms with Gasteiger partial charge in [-0.25, -0.2) is 0 Å². The van der Waals surface area contributed by atoms with Crippen LogP contribution in [0.2, 0.25) is 25.6 Å². The number of allylic oxidation sites excluding steroid dienone is 6. The molecule has 7 heteroatoms. The number of hydrogen-bond acceptors (Lipinski definition) is 2. The van der Waals surface area contributed by atoms with Crippen molar-refractivity contribution in [2.75, 3.05) is 0 Å². The molecule has 4 aliphatic carbocycles. The quantitative estimate of drug-likeness (QED) is 0.175. The third kappa shape index (κ3) is 7.56. The molecule has 0 saturated carbocycles. The predicted molar refractivity (Wildman–Crippen MR) is 242 cm³/mol. The largest absolute Gasteiger partial charge is 1.00 e. The average Bonchev–Trinajstić information content (AvgIpc) is 3.78. The fraction of sp³-hybridized carbons (Fsp3) is 0.385. The van der Waals surface area contributed by atoms with Crippen molar-refractivity contribution in [2.24, 2.45) is 0 Å². The summed E-state index contributed by atoms with van der Waals surface area (Å²) in [4.78, 5) is 0. The Morgan fingerprint density at radius 2 is 0.729 bits per heavy atom. The molecule has 0 N–H and O–H groups in total. The Hall–Kier alpha value is -2.66. The van der Waals surface area contributed by atoms with Crippen LogP contribution in [0.1, 0.15) is 92.9 Å². The van der Waals surface area contributed by atoms with Gasteiger partial charge in [0.1, 0.15) is 0 Å². The summed E-state index contributed by atoms with van der Waals surface area (Å²) in [5.41, 5.74) is 6.79. The molecule has 308 valence electrons. The number of rotatable bonds is 10. The molecule has 59 heavy (non-hydrogen) atoms. The summed E-state index contributed by atoms with van der Waals surface area (Å²) in [5, 5.41) is 5.34. The monoisotopic (exact) mass is 934 g/mol. The van der Waals surface area contributed by atoms with Gasteiger partial charge in [-0.3, -0.25) is 0 Å². The molecule has 0 bridgehead atoms. The SMILES string of the molecule is CC(C)(C)[Si](OC1=CC2=C(CCCC2)[CH]1[Zr+2]1([CH]2C(O[Si](c3ccccc3)(c3ccccc3)C(C)(C)C)=CC3=C2CCCC3)[CH2][CH2]1)(c1ccccc1)c1ccccc1.[Cl-].[Cl-]. The topological polar surface area (TPSA) is 18.5 Å². The Bertz CT molecular complexity index is 2000. The first kappa shape index (κ1) is 44.4. The molecule has 2 nitrogen and oxygen atoms in total. The van der Waals surface area contributed by atoms with Crippen molar-refractivity contribution in [2.45, 2.75) is 118 Å². The van der Waals surface area contributed by atoms with Crippen LogP contribution in [0.3, 0.4) is 0 Å². The van der Waals surface area contributed by atoms with Gasteiger partial charge in [-0.05, 0) is 0 Å². The molecular weight excluding hydrogens is 875 g/mol. The third-order valence-corrected chi connectivity index (χ3v) is 37.1. The van der Waals surface area contributed by atoms with E-state index in [0.29, 0.717) is 7.25 Å². The number of hydrogen-bond donors (Lipinski definition) is 0. The van der Waals surface area contributed by atoms with Gasteiger partial charge in [-0.2, -0.15) is 0 Å². The summed E-state index contributed by atoms with van der Waals surface area (Å²) < 4.78 is 20.2. The summed E-state index contributed by atoms with van der Waals surface area (Å²) in [5.74, 6) is 2.69. The van der Waals surface area contributed by atoms with Crippen LogP contribution in [0.5, 0.6) is 0 Å². The first-order valence-corrected chi connectivity index (χ1v) is 32.1. The van der Waals surface area contributed by atoms with E-state index in [4.69, 9.17) is 8.85 Å². The van der Waals surface area contributed by atoms with Crippen LogP contribution in [-0.2, 0) is 29.1 Å². The molecule has 5 aliphatic rings. The van der Waals surface area contributed by atoms with Gasteiger partial charge in [0, 0.05) is 0 Å². The van der Waals surface area contributed by atoms with E-state index >= 15 is 0 Å². The molecule has 2 atom stereocenters. The van der Waals surface area contributed by atoms with Crippen molar-refractivity contribution >= 4 is 37.4 Å². The van der Waals surface area contributed by atoms with Gasteiger partial charge in [0.15, 0.2) is 0 Å². The Balaban J connectivity index is 0.00000264. The molecule has 1 saturated heterocycles. The van der Waals surface area contributed by atoms with Crippen LogP contribution in [0.4, 0.5) is 0 Å². The van der Waals surface area contributed by atoms with E-state index in [9.17, 15) is 0 Å². The molecule has 1 fully saturated rings. The molecule has 4 aromatic carbocycles. The Labute approximate surface area is 374 Å². The van der Waals surface area contributed by atoms with E-state index in [-0.39, 0.29) is 34.9 Å². The van der Waals surface area contributed by atoms with E-state index in [0.717, 1.165) is 0 Å². The van der Waals surface area contributed by atoms with Crippen LogP contribution in [0.15, 0.2) is 167 Å². The van der Waals surface area contributed by atoms with Crippen molar-refractivity contribution in [3.63, 3.8) is 0 Å². The molecule has 1 heterocycles. The van der Waals surface area contributed by atoms with E-state index in [1.54, 1.807) is 22.3 Å². The molecular formula is C52H62Cl2O2Si2Zr. The molecule has 0 amide bonds. The maximum absolute atomic E-state index is 8.23. The average molecular weight is 937 g/mol. The second-order valence-electron chi connectivity index (χ2n) is 19.7. The van der Waals surface area contributed by atoms with Crippen molar-refractivity contribution < 1.29 is 53.9 Å². The zero-order valence-corrected chi connectivity index (χ0v) is 42.0. The van der Waals surface area contributed by atoms with Gasteiger partial charge in [0.05, 0.1) is 0 Å².